The zero-order valence-corrected chi connectivity index (χ0v) is 12.1. The van der Waals surface area contributed by atoms with Crippen molar-refractivity contribution in [1.82, 2.24) is 10.3 Å². The third-order valence-electron chi connectivity index (χ3n) is 2.46. The molecule has 1 aromatic heterocycles. The van der Waals surface area contributed by atoms with Gasteiger partial charge in [-0.2, -0.15) is 0 Å². The summed E-state index contributed by atoms with van der Waals surface area (Å²) in [5, 5.41) is 7.95. The van der Waals surface area contributed by atoms with E-state index >= 15 is 0 Å². The van der Waals surface area contributed by atoms with Gasteiger partial charge in [-0.25, -0.2) is 9.78 Å². The molecule has 0 aliphatic heterocycles. The highest BCUT2D eigenvalue weighted by Crippen LogP contribution is 2.13. The second kappa shape index (κ2) is 7.49. The third kappa shape index (κ3) is 4.89. The van der Waals surface area contributed by atoms with E-state index in [0.29, 0.717) is 18.3 Å². The molecule has 2 amide bonds. The lowest BCUT2D eigenvalue weighted by atomic mass is 10.3. The van der Waals surface area contributed by atoms with Crippen molar-refractivity contribution in [3.8, 4) is 5.75 Å². The number of nitrogens with zero attached hydrogens (tertiary/aromatic N) is 1. The number of rotatable bonds is 6. The van der Waals surface area contributed by atoms with Gasteiger partial charge in [0, 0.05) is 11.9 Å². The van der Waals surface area contributed by atoms with Crippen molar-refractivity contribution in [1.29, 1.82) is 0 Å². The highest BCUT2D eigenvalue weighted by atomic mass is 32.1. The number of hydrogen-bond acceptors (Lipinski definition) is 4. The molecule has 0 saturated heterocycles. The monoisotopic (exact) mass is 291 g/mol. The summed E-state index contributed by atoms with van der Waals surface area (Å²) in [6.07, 6.45) is 0.749. The van der Waals surface area contributed by atoms with E-state index in [2.05, 4.69) is 15.6 Å². The zero-order valence-electron chi connectivity index (χ0n) is 11.3. The maximum atomic E-state index is 11.6. The standard InChI is InChI=1S/C14H17N3O2S/c1-11-10-20-14(16-11)17-13(18)15-8-5-9-19-12-6-3-2-4-7-12/h2-4,6-7,10H,5,8-9H2,1H3,(H2,15,16,17,18). The summed E-state index contributed by atoms with van der Waals surface area (Å²) in [4.78, 5) is 15.7. The molecule has 2 N–H and O–H groups in total. The number of amides is 2. The van der Waals surface area contributed by atoms with Gasteiger partial charge in [-0.05, 0) is 25.5 Å². The quantitative estimate of drug-likeness (QED) is 0.804. The normalized spacial score (nSPS) is 10.1. The van der Waals surface area contributed by atoms with Crippen molar-refractivity contribution in [2.24, 2.45) is 0 Å². The minimum absolute atomic E-state index is 0.237. The molecule has 0 bridgehead atoms. The molecule has 0 aliphatic carbocycles. The van der Waals surface area contributed by atoms with Crippen molar-refractivity contribution in [2.45, 2.75) is 13.3 Å². The summed E-state index contributed by atoms with van der Waals surface area (Å²) in [6.45, 7) is 3.02. The Labute approximate surface area is 122 Å². The fourth-order valence-electron chi connectivity index (χ4n) is 1.53. The molecule has 0 aliphatic rings. The molecule has 0 saturated carbocycles. The van der Waals surface area contributed by atoms with Gasteiger partial charge < -0.3 is 10.1 Å². The van der Waals surface area contributed by atoms with Crippen molar-refractivity contribution in [3.05, 3.63) is 41.4 Å². The van der Waals surface area contributed by atoms with E-state index in [9.17, 15) is 4.79 Å². The number of thiazole rings is 1. The number of para-hydroxylation sites is 1. The molecule has 0 unspecified atom stereocenters. The van der Waals surface area contributed by atoms with E-state index in [1.54, 1.807) is 0 Å². The SMILES string of the molecule is Cc1csc(NC(=O)NCCCOc2ccccc2)n1. The number of ether oxygens (including phenoxy) is 1. The van der Waals surface area contributed by atoms with Gasteiger partial charge in [0.1, 0.15) is 5.75 Å². The van der Waals surface area contributed by atoms with Gasteiger partial charge in [0.2, 0.25) is 0 Å². The van der Waals surface area contributed by atoms with Gasteiger partial charge in [0.25, 0.3) is 0 Å². The Bertz CT molecular complexity index is 542. The van der Waals surface area contributed by atoms with Gasteiger partial charge in [-0.3, -0.25) is 5.32 Å². The van der Waals surface area contributed by atoms with Crippen LogP contribution in [0, 0.1) is 6.92 Å². The second-order valence-electron chi connectivity index (χ2n) is 4.19. The number of anilines is 1. The first-order valence-electron chi connectivity index (χ1n) is 6.39. The van der Waals surface area contributed by atoms with E-state index in [-0.39, 0.29) is 6.03 Å². The summed E-state index contributed by atoms with van der Waals surface area (Å²) in [7, 11) is 0. The summed E-state index contributed by atoms with van der Waals surface area (Å²) >= 11 is 1.41. The molecule has 0 atom stereocenters. The minimum Gasteiger partial charge on any atom is -0.494 e. The largest absolute Gasteiger partial charge is 0.494 e. The van der Waals surface area contributed by atoms with Crippen molar-refractivity contribution >= 4 is 22.5 Å². The topological polar surface area (TPSA) is 63.2 Å². The minimum atomic E-state index is -0.237. The molecule has 6 heteroatoms. The van der Waals surface area contributed by atoms with Crippen LogP contribution < -0.4 is 15.4 Å². The Morgan fingerprint density at radius 3 is 2.85 bits per heavy atom. The lowest BCUT2D eigenvalue weighted by Gasteiger charge is -2.07. The van der Waals surface area contributed by atoms with Crippen LogP contribution in [0.1, 0.15) is 12.1 Å². The number of carbonyl (C=O) groups excluding carboxylic acids is 1. The fourth-order valence-corrected chi connectivity index (χ4v) is 2.22. The molecular weight excluding hydrogens is 274 g/mol. The highest BCUT2D eigenvalue weighted by molar-refractivity contribution is 7.13. The smallest absolute Gasteiger partial charge is 0.321 e. The van der Waals surface area contributed by atoms with Crippen LogP contribution in [0.2, 0.25) is 0 Å². The Hall–Kier alpha value is -2.08. The number of hydrogen-bond donors (Lipinski definition) is 2. The first-order valence-corrected chi connectivity index (χ1v) is 7.27. The second-order valence-corrected chi connectivity index (χ2v) is 5.05. The van der Waals surface area contributed by atoms with Gasteiger partial charge in [-0.1, -0.05) is 18.2 Å². The van der Waals surface area contributed by atoms with Gasteiger partial charge >= 0.3 is 6.03 Å². The molecule has 1 heterocycles. The van der Waals surface area contributed by atoms with Crippen LogP contribution in [0.15, 0.2) is 35.7 Å². The predicted octanol–water partition coefficient (Wildman–Crippen LogP) is 3.04. The molecular formula is C14H17N3O2S. The van der Waals surface area contributed by atoms with Crippen LogP contribution in [0.4, 0.5) is 9.93 Å². The molecule has 2 aromatic rings. The Morgan fingerprint density at radius 2 is 2.15 bits per heavy atom. The Kier molecular flexibility index (Phi) is 5.37. The van der Waals surface area contributed by atoms with Crippen LogP contribution in [-0.4, -0.2) is 24.2 Å². The van der Waals surface area contributed by atoms with Crippen LogP contribution in [0.3, 0.4) is 0 Å². The molecule has 0 fully saturated rings. The van der Waals surface area contributed by atoms with Gasteiger partial charge in [0.05, 0.1) is 12.3 Å². The summed E-state index contributed by atoms with van der Waals surface area (Å²) in [5.74, 6) is 0.843. The molecule has 0 radical (unpaired) electrons. The molecule has 2 rings (SSSR count). The van der Waals surface area contributed by atoms with E-state index in [1.165, 1.54) is 11.3 Å². The molecule has 5 nitrogen and oxygen atoms in total. The zero-order chi connectivity index (χ0) is 14.2. The summed E-state index contributed by atoms with van der Waals surface area (Å²) in [5.41, 5.74) is 0.904. The van der Waals surface area contributed by atoms with E-state index < -0.39 is 0 Å². The van der Waals surface area contributed by atoms with Gasteiger partial charge in [-0.15, -0.1) is 11.3 Å². The molecule has 106 valence electrons. The average Bonchev–Trinajstić information content (AvgIpc) is 2.85. The first-order chi connectivity index (χ1) is 9.74. The first kappa shape index (κ1) is 14.3. The number of nitrogens with one attached hydrogen (secondary N) is 2. The van der Waals surface area contributed by atoms with Crippen LogP contribution in [0.5, 0.6) is 5.75 Å². The summed E-state index contributed by atoms with van der Waals surface area (Å²) < 4.78 is 5.53. The number of urea groups is 1. The Morgan fingerprint density at radius 1 is 1.35 bits per heavy atom. The van der Waals surface area contributed by atoms with Crippen LogP contribution >= 0.6 is 11.3 Å². The van der Waals surface area contributed by atoms with Gasteiger partial charge in [0.15, 0.2) is 5.13 Å². The van der Waals surface area contributed by atoms with Crippen molar-refractivity contribution in [3.63, 3.8) is 0 Å². The van der Waals surface area contributed by atoms with E-state index in [0.717, 1.165) is 17.9 Å². The molecule has 0 spiro atoms. The maximum absolute atomic E-state index is 11.6. The maximum Gasteiger partial charge on any atom is 0.321 e. The van der Waals surface area contributed by atoms with E-state index in [4.69, 9.17) is 4.74 Å². The highest BCUT2D eigenvalue weighted by Gasteiger charge is 2.03. The van der Waals surface area contributed by atoms with Crippen LogP contribution in [-0.2, 0) is 0 Å². The molecule has 20 heavy (non-hydrogen) atoms. The number of aryl methyl sites for hydroxylation is 1. The number of aromatic nitrogens is 1. The van der Waals surface area contributed by atoms with Crippen molar-refractivity contribution in [2.75, 3.05) is 18.5 Å². The van der Waals surface area contributed by atoms with Crippen molar-refractivity contribution < 1.29 is 9.53 Å². The lowest BCUT2D eigenvalue weighted by Crippen LogP contribution is -2.30. The van der Waals surface area contributed by atoms with E-state index in [1.807, 2.05) is 42.6 Å². The van der Waals surface area contributed by atoms with Crippen LogP contribution in [0.25, 0.3) is 0 Å². The fraction of sp³-hybridized carbons (Fsp3) is 0.286. The summed E-state index contributed by atoms with van der Waals surface area (Å²) in [6, 6.07) is 9.38. The Balaban J connectivity index is 1.58. The predicted molar refractivity (Wildman–Crippen MR) is 80.4 cm³/mol. The molecule has 1 aromatic carbocycles. The number of benzene rings is 1. The third-order valence-corrected chi connectivity index (χ3v) is 3.33. The average molecular weight is 291 g/mol. The number of carbonyl (C=O) groups is 1. The lowest BCUT2D eigenvalue weighted by molar-refractivity contribution is 0.250.